The van der Waals surface area contributed by atoms with Gasteiger partial charge in [-0.1, -0.05) is 23.7 Å². The second-order valence-corrected chi connectivity index (χ2v) is 4.84. The SMILES string of the molecule is Cc1cc(CNC2CCOC2C)ccc1Cl. The van der Waals surface area contributed by atoms with Gasteiger partial charge in [0.1, 0.15) is 0 Å². The maximum absolute atomic E-state index is 5.99. The Hall–Kier alpha value is -0.570. The average molecular weight is 240 g/mol. The molecule has 0 saturated carbocycles. The highest BCUT2D eigenvalue weighted by Gasteiger charge is 2.23. The van der Waals surface area contributed by atoms with Crippen LogP contribution in [0.25, 0.3) is 0 Å². The lowest BCUT2D eigenvalue weighted by Gasteiger charge is -2.16. The summed E-state index contributed by atoms with van der Waals surface area (Å²) in [5.74, 6) is 0. The second kappa shape index (κ2) is 5.17. The number of nitrogens with one attached hydrogen (secondary N) is 1. The Kier molecular flexibility index (Phi) is 3.85. The van der Waals surface area contributed by atoms with Crippen molar-refractivity contribution in [2.45, 2.75) is 39.0 Å². The van der Waals surface area contributed by atoms with Gasteiger partial charge in [0.05, 0.1) is 6.10 Å². The summed E-state index contributed by atoms with van der Waals surface area (Å²) in [7, 11) is 0. The number of hydrogen-bond donors (Lipinski definition) is 1. The smallest absolute Gasteiger partial charge is 0.0700 e. The molecule has 2 unspecified atom stereocenters. The summed E-state index contributed by atoms with van der Waals surface area (Å²) >= 11 is 5.99. The quantitative estimate of drug-likeness (QED) is 0.876. The number of ether oxygens (including phenoxy) is 1. The van der Waals surface area contributed by atoms with Gasteiger partial charge >= 0.3 is 0 Å². The first kappa shape index (κ1) is 11.9. The van der Waals surface area contributed by atoms with E-state index in [-0.39, 0.29) is 0 Å². The lowest BCUT2D eigenvalue weighted by molar-refractivity contribution is 0.113. The fraction of sp³-hybridized carbons (Fsp3) is 0.538. The summed E-state index contributed by atoms with van der Waals surface area (Å²) in [4.78, 5) is 0. The van der Waals surface area contributed by atoms with Crippen LogP contribution < -0.4 is 5.32 Å². The van der Waals surface area contributed by atoms with Crippen molar-refractivity contribution < 1.29 is 4.74 Å². The molecule has 1 aliphatic rings. The molecule has 0 amide bonds. The maximum atomic E-state index is 5.99. The highest BCUT2D eigenvalue weighted by Crippen LogP contribution is 2.17. The normalized spacial score (nSPS) is 24.9. The largest absolute Gasteiger partial charge is 0.377 e. The molecule has 0 bridgehead atoms. The number of benzene rings is 1. The van der Waals surface area contributed by atoms with Crippen molar-refractivity contribution >= 4 is 11.6 Å². The summed E-state index contributed by atoms with van der Waals surface area (Å²) < 4.78 is 5.51. The van der Waals surface area contributed by atoms with Crippen molar-refractivity contribution in [2.24, 2.45) is 0 Å². The predicted octanol–water partition coefficient (Wildman–Crippen LogP) is 2.92. The van der Waals surface area contributed by atoms with Crippen LogP contribution in [0.4, 0.5) is 0 Å². The number of halogens is 1. The molecular weight excluding hydrogens is 222 g/mol. The van der Waals surface area contributed by atoms with E-state index in [2.05, 4.69) is 24.4 Å². The Labute approximate surface area is 102 Å². The highest BCUT2D eigenvalue weighted by molar-refractivity contribution is 6.31. The molecule has 0 aliphatic carbocycles. The molecule has 1 heterocycles. The van der Waals surface area contributed by atoms with Crippen LogP contribution in [0, 0.1) is 6.92 Å². The fourth-order valence-corrected chi connectivity index (χ4v) is 2.18. The topological polar surface area (TPSA) is 21.3 Å². The van der Waals surface area contributed by atoms with E-state index in [9.17, 15) is 0 Å². The average Bonchev–Trinajstić information content (AvgIpc) is 2.66. The lowest BCUT2D eigenvalue weighted by Crippen LogP contribution is -2.34. The maximum Gasteiger partial charge on any atom is 0.0700 e. The molecule has 3 heteroatoms. The molecular formula is C13H18ClNO. The molecule has 1 aromatic rings. The summed E-state index contributed by atoms with van der Waals surface area (Å²) in [5.41, 5.74) is 2.41. The van der Waals surface area contributed by atoms with E-state index >= 15 is 0 Å². The molecule has 1 aliphatic heterocycles. The van der Waals surface area contributed by atoms with Crippen molar-refractivity contribution in [3.8, 4) is 0 Å². The molecule has 2 nitrogen and oxygen atoms in total. The van der Waals surface area contributed by atoms with Crippen LogP contribution in [-0.2, 0) is 11.3 Å². The number of aryl methyl sites for hydroxylation is 1. The van der Waals surface area contributed by atoms with Crippen LogP contribution in [0.3, 0.4) is 0 Å². The molecule has 0 radical (unpaired) electrons. The van der Waals surface area contributed by atoms with Gasteiger partial charge in [-0.25, -0.2) is 0 Å². The minimum Gasteiger partial charge on any atom is -0.377 e. The van der Waals surface area contributed by atoms with Crippen molar-refractivity contribution in [1.82, 2.24) is 5.32 Å². The molecule has 1 N–H and O–H groups in total. The van der Waals surface area contributed by atoms with E-state index in [1.54, 1.807) is 0 Å². The summed E-state index contributed by atoms with van der Waals surface area (Å²) in [6.45, 7) is 5.92. The first-order valence-electron chi connectivity index (χ1n) is 5.77. The van der Waals surface area contributed by atoms with Crippen LogP contribution in [0.2, 0.25) is 5.02 Å². The van der Waals surface area contributed by atoms with Gasteiger partial charge in [-0.3, -0.25) is 0 Å². The van der Waals surface area contributed by atoms with Gasteiger partial charge in [-0.05, 0) is 37.5 Å². The lowest BCUT2D eigenvalue weighted by atomic mass is 10.1. The predicted molar refractivity (Wildman–Crippen MR) is 66.8 cm³/mol. The molecule has 0 aromatic heterocycles. The Morgan fingerprint density at radius 1 is 1.50 bits per heavy atom. The van der Waals surface area contributed by atoms with Crippen LogP contribution in [-0.4, -0.2) is 18.8 Å². The Bertz CT molecular complexity index is 367. The zero-order valence-corrected chi connectivity index (χ0v) is 10.6. The monoisotopic (exact) mass is 239 g/mol. The first-order valence-corrected chi connectivity index (χ1v) is 6.14. The van der Waals surface area contributed by atoms with E-state index in [4.69, 9.17) is 16.3 Å². The molecule has 1 aromatic carbocycles. The fourth-order valence-electron chi connectivity index (χ4n) is 2.07. The van der Waals surface area contributed by atoms with Gasteiger partial charge in [0.15, 0.2) is 0 Å². The third-order valence-electron chi connectivity index (χ3n) is 3.17. The minimum absolute atomic E-state index is 0.327. The van der Waals surface area contributed by atoms with Gasteiger partial charge in [0, 0.05) is 24.2 Å². The molecule has 2 atom stereocenters. The molecule has 1 fully saturated rings. The summed E-state index contributed by atoms with van der Waals surface area (Å²) in [5, 5.41) is 4.36. The zero-order chi connectivity index (χ0) is 11.5. The van der Waals surface area contributed by atoms with E-state index in [1.807, 2.05) is 13.0 Å². The summed E-state index contributed by atoms with van der Waals surface area (Å²) in [6, 6.07) is 6.65. The molecule has 2 rings (SSSR count). The molecule has 88 valence electrons. The van der Waals surface area contributed by atoms with Crippen LogP contribution in [0.5, 0.6) is 0 Å². The zero-order valence-electron chi connectivity index (χ0n) is 9.79. The first-order chi connectivity index (χ1) is 7.66. The standard InChI is InChI=1S/C13H18ClNO/c1-9-7-11(3-4-12(9)14)8-15-13-5-6-16-10(13)2/h3-4,7,10,13,15H,5-6,8H2,1-2H3. The van der Waals surface area contributed by atoms with Crippen molar-refractivity contribution in [3.63, 3.8) is 0 Å². The van der Waals surface area contributed by atoms with E-state index in [1.165, 1.54) is 5.56 Å². The number of rotatable bonds is 3. The Morgan fingerprint density at radius 3 is 2.94 bits per heavy atom. The van der Waals surface area contributed by atoms with E-state index in [0.717, 1.165) is 30.2 Å². The van der Waals surface area contributed by atoms with Gasteiger partial charge in [-0.2, -0.15) is 0 Å². The minimum atomic E-state index is 0.327. The third-order valence-corrected chi connectivity index (χ3v) is 3.59. The summed E-state index contributed by atoms with van der Waals surface area (Å²) in [6.07, 6.45) is 1.43. The Balaban J connectivity index is 1.91. The number of hydrogen-bond acceptors (Lipinski definition) is 2. The van der Waals surface area contributed by atoms with Crippen molar-refractivity contribution in [1.29, 1.82) is 0 Å². The second-order valence-electron chi connectivity index (χ2n) is 4.44. The van der Waals surface area contributed by atoms with Crippen LogP contribution in [0.1, 0.15) is 24.5 Å². The van der Waals surface area contributed by atoms with Gasteiger partial charge in [0.25, 0.3) is 0 Å². The van der Waals surface area contributed by atoms with Crippen molar-refractivity contribution in [2.75, 3.05) is 6.61 Å². The van der Waals surface area contributed by atoms with Gasteiger partial charge < -0.3 is 10.1 Å². The third kappa shape index (κ3) is 2.76. The van der Waals surface area contributed by atoms with Gasteiger partial charge in [0.2, 0.25) is 0 Å². The van der Waals surface area contributed by atoms with Crippen molar-refractivity contribution in [3.05, 3.63) is 34.3 Å². The van der Waals surface area contributed by atoms with Gasteiger partial charge in [-0.15, -0.1) is 0 Å². The van der Waals surface area contributed by atoms with E-state index in [0.29, 0.717) is 12.1 Å². The molecule has 16 heavy (non-hydrogen) atoms. The van der Waals surface area contributed by atoms with E-state index < -0.39 is 0 Å². The molecule has 0 spiro atoms. The van der Waals surface area contributed by atoms with Crippen LogP contribution >= 0.6 is 11.6 Å². The molecule has 1 saturated heterocycles. The van der Waals surface area contributed by atoms with Crippen LogP contribution in [0.15, 0.2) is 18.2 Å². The Morgan fingerprint density at radius 2 is 2.31 bits per heavy atom. The highest BCUT2D eigenvalue weighted by atomic mass is 35.5.